The summed E-state index contributed by atoms with van der Waals surface area (Å²) in [5.41, 5.74) is 0. The van der Waals surface area contributed by atoms with Gasteiger partial charge in [0.25, 0.3) is 0 Å². The van der Waals surface area contributed by atoms with Crippen LogP contribution in [0.4, 0.5) is 0 Å². The molecule has 0 bridgehead atoms. The molecule has 0 rings (SSSR count). The zero-order valence-corrected chi connectivity index (χ0v) is 5.68. The van der Waals surface area contributed by atoms with Crippen molar-refractivity contribution in [3.05, 3.63) is 6.92 Å². The molecule has 0 aliphatic carbocycles. The molecule has 0 aromatic heterocycles. The molecule has 0 unspecified atom stereocenters. The van der Waals surface area contributed by atoms with Crippen LogP contribution >= 0.6 is 7.82 Å². The Morgan fingerprint density at radius 1 is 1.25 bits per heavy atom. The molecule has 0 N–H and O–H groups in total. The van der Waals surface area contributed by atoms with Gasteiger partial charge in [-0.25, -0.2) is 0 Å². The second kappa shape index (κ2) is 7.71. The summed E-state index contributed by atoms with van der Waals surface area (Å²) in [7, 11) is -5.39. The third-order valence-electron chi connectivity index (χ3n) is 0. The van der Waals surface area contributed by atoms with Crippen LogP contribution in [0, 0.1) is 6.92 Å². The molecule has 0 aliphatic heterocycles. The van der Waals surface area contributed by atoms with Crippen molar-refractivity contribution in [1.29, 1.82) is 0 Å². The molecule has 0 aromatic rings. The minimum Gasteiger partial charge on any atom is -0.822 e. The second-order valence-electron chi connectivity index (χ2n) is 0.447. The van der Waals surface area contributed by atoms with Crippen molar-refractivity contribution < 1.29 is 38.1 Å². The third kappa shape index (κ3) is 437. The zero-order chi connectivity index (χ0) is 6.50. The molecule has 0 aromatic carbocycles. The van der Waals surface area contributed by atoms with E-state index in [-0.39, 0.29) is 18.9 Å². The summed E-state index contributed by atoms with van der Waals surface area (Å²) < 4.78 is 8.55. The molecule has 0 radical (unpaired) electrons. The number of rotatable bonds is 0. The van der Waals surface area contributed by atoms with Gasteiger partial charge < -0.3 is 26.2 Å². The van der Waals surface area contributed by atoms with E-state index in [2.05, 4.69) is 6.92 Å². The van der Waals surface area contributed by atoms with E-state index in [1.54, 1.807) is 6.92 Å². The SMILES string of the molecule is O=P([O-])([O-])[O-].[CH2-]C.[Li+]. The van der Waals surface area contributed by atoms with Crippen LogP contribution in [0.3, 0.4) is 0 Å². The summed E-state index contributed by atoms with van der Waals surface area (Å²) in [5, 5.41) is 0. The Balaban J connectivity index is -0.0000000750. The molecule has 8 heavy (non-hydrogen) atoms. The van der Waals surface area contributed by atoms with Crippen LogP contribution in [0.5, 0.6) is 0 Å². The number of phosphoric acid groups is 1. The van der Waals surface area contributed by atoms with Crippen molar-refractivity contribution in [3.63, 3.8) is 0 Å². The van der Waals surface area contributed by atoms with Crippen LogP contribution in [0.1, 0.15) is 6.92 Å². The van der Waals surface area contributed by atoms with E-state index in [9.17, 15) is 0 Å². The number of hydrogen-bond donors (Lipinski definition) is 0. The molecule has 0 atom stereocenters. The van der Waals surface area contributed by atoms with Crippen molar-refractivity contribution in [3.8, 4) is 0 Å². The fourth-order valence-electron chi connectivity index (χ4n) is 0. The molecule has 0 saturated heterocycles. The minimum atomic E-state index is -5.39. The largest absolute Gasteiger partial charge is 1.00 e. The molecule has 0 aliphatic rings. The summed E-state index contributed by atoms with van der Waals surface area (Å²) in [6.45, 7) is 5.00. The summed E-state index contributed by atoms with van der Waals surface area (Å²) >= 11 is 0. The molecule has 0 amide bonds. The van der Waals surface area contributed by atoms with Gasteiger partial charge in [0.2, 0.25) is 0 Å². The molecular formula is C2H5LiO4P-3. The fraction of sp³-hybridized carbons (Fsp3) is 0.500. The normalized spacial score (nSPS) is 8.12. The molecule has 0 fully saturated rings. The Labute approximate surface area is 60.3 Å². The molecule has 0 heterocycles. The Hall–Kier alpha value is 0.707. The van der Waals surface area contributed by atoms with Crippen molar-refractivity contribution in [1.82, 2.24) is 0 Å². The maximum absolute atomic E-state index is 8.55. The average Bonchev–Trinajstić information content (AvgIpc) is 1.36. The Bertz CT molecular complexity index is 60.2. The first-order valence-corrected chi connectivity index (χ1v) is 2.90. The Morgan fingerprint density at radius 2 is 1.25 bits per heavy atom. The maximum atomic E-state index is 8.55. The van der Waals surface area contributed by atoms with Crippen LogP contribution in [0.15, 0.2) is 0 Å². The van der Waals surface area contributed by atoms with Gasteiger partial charge in [0.15, 0.2) is 0 Å². The first-order chi connectivity index (χ1) is 3.00. The molecule has 46 valence electrons. The average molecular weight is 131 g/mol. The Morgan fingerprint density at radius 3 is 1.25 bits per heavy atom. The predicted octanol–water partition coefficient (Wildman–Crippen LogP) is -4.98. The van der Waals surface area contributed by atoms with Gasteiger partial charge in [0.05, 0.1) is 0 Å². The Kier molecular flexibility index (Phi) is 15.3. The van der Waals surface area contributed by atoms with Crippen LogP contribution in [-0.4, -0.2) is 0 Å². The fourth-order valence-corrected chi connectivity index (χ4v) is 0. The van der Waals surface area contributed by atoms with Gasteiger partial charge in [0, 0.05) is 0 Å². The predicted molar refractivity (Wildman–Crippen MR) is 18.6 cm³/mol. The molecule has 0 saturated carbocycles. The summed E-state index contributed by atoms with van der Waals surface area (Å²) in [4.78, 5) is 25.6. The van der Waals surface area contributed by atoms with Gasteiger partial charge in [-0.05, 0) is 0 Å². The van der Waals surface area contributed by atoms with Crippen molar-refractivity contribution >= 4 is 7.82 Å². The van der Waals surface area contributed by atoms with Gasteiger partial charge in [0.1, 0.15) is 0 Å². The van der Waals surface area contributed by atoms with Crippen LogP contribution in [0.25, 0.3) is 0 Å². The molecule has 0 spiro atoms. The monoisotopic (exact) mass is 131 g/mol. The second-order valence-corrected chi connectivity index (χ2v) is 1.34. The van der Waals surface area contributed by atoms with Gasteiger partial charge in [-0.2, -0.15) is 14.7 Å². The van der Waals surface area contributed by atoms with E-state index < -0.39 is 7.82 Å². The molecule has 4 nitrogen and oxygen atoms in total. The van der Waals surface area contributed by atoms with Gasteiger partial charge >= 0.3 is 18.9 Å². The summed E-state index contributed by atoms with van der Waals surface area (Å²) in [6.07, 6.45) is 0. The minimum absolute atomic E-state index is 0. The van der Waals surface area contributed by atoms with Crippen LogP contribution in [-0.2, 0) is 4.57 Å². The zero-order valence-electron chi connectivity index (χ0n) is 4.79. The van der Waals surface area contributed by atoms with E-state index in [1.807, 2.05) is 0 Å². The van der Waals surface area contributed by atoms with Crippen LogP contribution in [0.2, 0.25) is 0 Å². The smallest absolute Gasteiger partial charge is 0.822 e. The first kappa shape index (κ1) is 15.9. The standard InChI is InChI=1S/C2H5.Li.H3O4P/c1-2;;1-5(2,3)4/h1H2,2H3;;(H3,1,2,3,4)/q-1;+1;/p-3. The summed E-state index contributed by atoms with van der Waals surface area (Å²) in [5.74, 6) is 0. The first-order valence-electron chi connectivity index (χ1n) is 1.44. The van der Waals surface area contributed by atoms with E-state index in [4.69, 9.17) is 19.2 Å². The molecule has 6 heteroatoms. The molecular weight excluding hydrogens is 126 g/mol. The van der Waals surface area contributed by atoms with Crippen molar-refractivity contribution in [2.75, 3.05) is 0 Å². The van der Waals surface area contributed by atoms with E-state index in [0.717, 1.165) is 0 Å². The van der Waals surface area contributed by atoms with Crippen molar-refractivity contribution in [2.24, 2.45) is 0 Å². The van der Waals surface area contributed by atoms with Gasteiger partial charge in [-0.3, -0.25) is 0 Å². The maximum Gasteiger partial charge on any atom is 1.00 e. The van der Waals surface area contributed by atoms with Crippen molar-refractivity contribution in [2.45, 2.75) is 6.92 Å². The van der Waals surface area contributed by atoms with E-state index in [1.165, 1.54) is 0 Å². The van der Waals surface area contributed by atoms with E-state index in [0.29, 0.717) is 0 Å². The van der Waals surface area contributed by atoms with Crippen LogP contribution < -0.4 is 33.5 Å². The summed E-state index contributed by atoms with van der Waals surface area (Å²) in [6, 6.07) is 0. The number of hydrogen-bond acceptors (Lipinski definition) is 4. The van der Waals surface area contributed by atoms with Gasteiger partial charge in [-0.15, -0.1) is 0 Å². The van der Waals surface area contributed by atoms with E-state index >= 15 is 0 Å². The topological polar surface area (TPSA) is 86.2 Å². The van der Waals surface area contributed by atoms with Gasteiger partial charge in [-0.1, -0.05) is 0 Å². The third-order valence-corrected chi connectivity index (χ3v) is 0. The quantitative estimate of drug-likeness (QED) is 0.187.